The second-order valence-electron chi connectivity index (χ2n) is 29.8. The number of hydrogen-bond acceptors (Lipinski definition) is 0. The normalized spacial score (nSPS) is 12.4. The molecular weight excluding hydrogens is 1270 g/mol. The Hall–Kier alpha value is -13.5. The number of aryl methyl sites for hydroxylation is 2. The molecule has 0 atom stereocenters. The molecule has 2 aliphatic rings. The lowest BCUT2D eigenvalue weighted by atomic mass is 9.76. The Bertz CT molecular complexity index is 7710. The molecule has 22 aromatic carbocycles. The monoisotopic (exact) mass is 1330 g/mol. The molecule has 0 N–H and O–H groups in total. The van der Waals surface area contributed by atoms with Crippen LogP contribution in [0.3, 0.4) is 0 Å². The maximum atomic E-state index is 2.50. The van der Waals surface area contributed by atoms with Gasteiger partial charge in [0.15, 0.2) is 0 Å². The maximum Gasteiger partial charge on any atom is -0.000718 e. The average Bonchev–Trinajstić information content (AvgIpc) is 1.50. The van der Waals surface area contributed by atoms with Crippen LogP contribution in [0, 0.1) is 34.7 Å². The van der Waals surface area contributed by atoms with Gasteiger partial charge in [0, 0.05) is 0 Å². The van der Waals surface area contributed by atoms with Crippen LogP contribution in [0.1, 0.15) is 11.1 Å². The van der Waals surface area contributed by atoms with Gasteiger partial charge in [-0.05, 0) is 288 Å². The molecule has 0 amide bonds. The van der Waals surface area contributed by atoms with Crippen molar-refractivity contribution < 1.29 is 0 Å². The summed E-state index contributed by atoms with van der Waals surface area (Å²) in [5.74, 6) is 0. The molecule has 0 radical (unpaired) electrons. The quantitative estimate of drug-likeness (QED) is 0.105. The first kappa shape index (κ1) is 58.0. The minimum atomic E-state index is 1.20. The van der Waals surface area contributed by atoms with E-state index in [4.69, 9.17) is 0 Å². The van der Waals surface area contributed by atoms with Gasteiger partial charge in [0.05, 0.1) is 0 Å². The van der Waals surface area contributed by atoms with E-state index in [9.17, 15) is 0 Å². The first-order valence-corrected chi connectivity index (χ1v) is 37.3. The first-order valence-electron chi connectivity index (χ1n) is 37.3. The van der Waals surface area contributed by atoms with Gasteiger partial charge in [-0.25, -0.2) is 0 Å². The molecule has 0 nitrogen and oxygen atoms in total. The zero-order chi connectivity index (χ0) is 69.3. The van der Waals surface area contributed by atoms with Crippen molar-refractivity contribution in [1.82, 2.24) is 0 Å². The molecule has 106 heavy (non-hydrogen) atoms. The van der Waals surface area contributed by atoms with Crippen molar-refractivity contribution in [2.75, 3.05) is 0 Å². The predicted molar refractivity (Wildman–Crippen MR) is 452 cm³/mol. The maximum absolute atomic E-state index is 2.50. The fraction of sp³-hybridized carbons (Fsp3) is 0.0189. The molecule has 22 aromatic rings. The minimum absolute atomic E-state index is 1.20. The van der Waals surface area contributed by atoms with E-state index in [1.807, 2.05) is 0 Å². The summed E-state index contributed by atoms with van der Waals surface area (Å²) in [6.07, 6.45) is 0. The minimum Gasteiger partial charge on any atom is -0.0622 e. The molecule has 0 aromatic heterocycles. The zero-order valence-electron chi connectivity index (χ0n) is 58.3. The molecule has 0 heterocycles. The molecule has 0 heteroatoms. The highest BCUT2D eigenvalue weighted by molar-refractivity contribution is 6.46. The number of fused-ring (bicyclic) bond motifs is 14. The van der Waals surface area contributed by atoms with Crippen LogP contribution in [0.4, 0.5) is 0 Å². The molecule has 486 valence electrons. The van der Waals surface area contributed by atoms with Gasteiger partial charge in [0.1, 0.15) is 0 Å². The Kier molecular flexibility index (Phi) is 11.8. The fourth-order valence-corrected chi connectivity index (χ4v) is 20.6. The Morgan fingerprint density at radius 3 is 0.783 bits per heavy atom. The van der Waals surface area contributed by atoms with E-state index in [2.05, 4.69) is 354 Å². The van der Waals surface area contributed by atoms with E-state index in [1.165, 1.54) is 262 Å². The second kappa shape index (κ2) is 21.5. The van der Waals surface area contributed by atoms with Crippen molar-refractivity contribution >= 4 is 118 Å². The molecule has 24 rings (SSSR count). The van der Waals surface area contributed by atoms with Crippen LogP contribution >= 0.6 is 0 Å². The van der Waals surface area contributed by atoms with Crippen molar-refractivity contribution in [2.45, 2.75) is 13.8 Å². The van der Waals surface area contributed by atoms with Gasteiger partial charge in [-0.1, -0.05) is 328 Å². The van der Waals surface area contributed by atoms with Crippen LogP contribution < -0.4 is 0 Å². The lowest BCUT2D eigenvalue weighted by Gasteiger charge is -2.26. The van der Waals surface area contributed by atoms with Crippen LogP contribution in [0.15, 0.2) is 340 Å². The van der Waals surface area contributed by atoms with E-state index in [0.29, 0.717) is 0 Å². The highest BCUT2D eigenvalue weighted by Crippen LogP contribution is 2.64. The average molecular weight is 1340 g/mol. The van der Waals surface area contributed by atoms with Gasteiger partial charge in [-0.2, -0.15) is 0 Å². The second-order valence-corrected chi connectivity index (χ2v) is 29.8. The summed E-state index contributed by atoms with van der Waals surface area (Å²) < 4.78 is 0. The van der Waals surface area contributed by atoms with E-state index in [1.54, 1.807) is 0 Å². The van der Waals surface area contributed by atoms with Crippen molar-refractivity contribution in [3.8, 4) is 111 Å². The van der Waals surface area contributed by atoms with E-state index < -0.39 is 0 Å². The van der Waals surface area contributed by atoms with Crippen LogP contribution in [0.5, 0.6) is 0 Å². The van der Waals surface area contributed by atoms with Crippen molar-refractivity contribution in [2.24, 2.45) is 0 Å². The molecule has 0 spiro atoms. The summed E-state index contributed by atoms with van der Waals surface area (Å²) in [4.78, 5) is 0. The SMILES string of the molecule is Cc1c2c3ccc4c5c(ccc(c2c(C)c2c6ccc7c8ccc9c%10c(ccc(c%11ccc(c12)c6c%117)c%108)=c1c(-c2ccccc2)c(-c2ccccc2)c(-c2ccc6ccccc6c2)c(-c2ccccc2)c1=9)c53)-c1c(-c2ccccc2)c(-c2ccc3ccccc3c2)c(-c2ccccc2)c(-c2ccccc2)c1-4. The summed E-state index contributed by atoms with van der Waals surface area (Å²) in [7, 11) is 0. The first-order chi connectivity index (χ1) is 52.5. The number of benzene rings is 20. The van der Waals surface area contributed by atoms with Crippen LogP contribution in [-0.2, 0) is 0 Å². The lowest BCUT2D eigenvalue weighted by Crippen LogP contribution is -1.99. The van der Waals surface area contributed by atoms with E-state index in [-0.39, 0.29) is 0 Å². The molecule has 0 bridgehead atoms. The standard InChI is InChI=1S/C106H62/c1-59-85-77-49-45-73-75-47-51-81-101-82(105-93(67-35-17-7-18-36-67)95(71-43-41-61-25-21-23-39-69(61)57-71)89(63-27-9-3-10-28-63)91(103(81)105)65-31-13-5-14-32-65)52-48-76(98(75)101)74-46-50-78(99(77)97(73)74)86(85)60(2)88-80-54-56-84-102-83(55-53-79(87(59)88)100(80)102)104-92(66-33-15-6-16-34-66)90(64-29-11-4-12-30-64)96(94(106(84)104)68-37-19-8-20-38-68)72-44-42-62-26-22-24-40-70(62)58-72/h3-58H,1-2H3. The largest absolute Gasteiger partial charge is 0.0622 e. The van der Waals surface area contributed by atoms with Gasteiger partial charge in [0.2, 0.25) is 0 Å². The van der Waals surface area contributed by atoms with Crippen LogP contribution in [-0.4, -0.2) is 0 Å². The van der Waals surface area contributed by atoms with E-state index >= 15 is 0 Å². The molecular formula is C106H62. The molecule has 2 aliphatic carbocycles. The Labute approximate surface area is 611 Å². The Morgan fingerprint density at radius 2 is 0.406 bits per heavy atom. The molecule has 0 saturated heterocycles. The summed E-state index contributed by atoms with van der Waals surface area (Å²) >= 11 is 0. The molecule has 0 unspecified atom stereocenters. The van der Waals surface area contributed by atoms with Crippen molar-refractivity contribution in [3.63, 3.8) is 0 Å². The van der Waals surface area contributed by atoms with Gasteiger partial charge in [0.25, 0.3) is 0 Å². The third kappa shape index (κ3) is 7.61. The van der Waals surface area contributed by atoms with Crippen molar-refractivity contribution in [1.29, 1.82) is 0 Å². The molecule has 0 fully saturated rings. The summed E-state index contributed by atoms with van der Waals surface area (Å²) in [6, 6.07) is 129. The molecule has 0 aliphatic heterocycles. The van der Waals surface area contributed by atoms with Gasteiger partial charge >= 0.3 is 0 Å². The third-order valence-electron chi connectivity index (χ3n) is 24.7. The predicted octanol–water partition coefficient (Wildman–Crippen LogP) is 29.2. The Balaban J connectivity index is 0.782. The topological polar surface area (TPSA) is 0 Å². The summed E-state index contributed by atoms with van der Waals surface area (Å²) in [6.45, 7) is 4.88. The lowest BCUT2D eigenvalue weighted by molar-refractivity contribution is 1.45. The van der Waals surface area contributed by atoms with Gasteiger partial charge in [-0.15, -0.1) is 0 Å². The number of rotatable bonds is 8. The van der Waals surface area contributed by atoms with E-state index in [0.717, 1.165) is 0 Å². The highest BCUT2D eigenvalue weighted by atomic mass is 14.4. The Morgan fingerprint density at radius 1 is 0.151 bits per heavy atom. The van der Waals surface area contributed by atoms with Crippen LogP contribution in [0.2, 0.25) is 0 Å². The molecule has 0 saturated carbocycles. The van der Waals surface area contributed by atoms with Gasteiger partial charge < -0.3 is 0 Å². The highest BCUT2D eigenvalue weighted by Gasteiger charge is 2.37. The van der Waals surface area contributed by atoms with Gasteiger partial charge in [-0.3, -0.25) is 0 Å². The summed E-state index contributed by atoms with van der Waals surface area (Å²) in [5.41, 5.74) is 27.6. The summed E-state index contributed by atoms with van der Waals surface area (Å²) in [5, 5.41) is 34.3. The number of hydrogen-bond donors (Lipinski definition) is 0. The zero-order valence-corrected chi connectivity index (χ0v) is 58.3. The smallest absolute Gasteiger partial charge is 0.000718 e. The van der Waals surface area contributed by atoms with Crippen molar-refractivity contribution in [3.05, 3.63) is 372 Å². The third-order valence-corrected chi connectivity index (χ3v) is 24.7. The fourth-order valence-electron chi connectivity index (χ4n) is 20.6. The van der Waals surface area contributed by atoms with Crippen LogP contribution in [0.25, 0.3) is 230 Å².